The molecule has 1 fully saturated rings. The lowest BCUT2D eigenvalue weighted by molar-refractivity contribution is 0.0828. The lowest BCUT2D eigenvalue weighted by atomic mass is 9.97. The molecule has 0 aromatic carbocycles. The van der Waals surface area contributed by atoms with Crippen molar-refractivity contribution in [2.45, 2.75) is 32.2 Å². The number of hydrogen-bond donors (Lipinski definition) is 2. The zero-order valence-electron chi connectivity index (χ0n) is 13.0. The van der Waals surface area contributed by atoms with Crippen molar-refractivity contribution in [3.63, 3.8) is 0 Å². The SMILES string of the molecule is Cc1nc(-c2cnn(C)c2)sc1C(=O)NC(C)(CO)C1CC1. The second-order valence-electron chi connectivity index (χ2n) is 6.14. The van der Waals surface area contributed by atoms with Crippen LogP contribution < -0.4 is 5.32 Å². The molecule has 3 rings (SSSR count). The van der Waals surface area contributed by atoms with Gasteiger partial charge in [0.1, 0.15) is 9.88 Å². The standard InChI is InChI=1S/C15H20N4O2S/c1-9-12(13(21)18-15(2,8-20)11-4-5-11)22-14(17-9)10-6-16-19(3)7-10/h6-7,11,20H,4-5,8H2,1-3H3,(H,18,21). The van der Waals surface area contributed by atoms with E-state index in [2.05, 4.69) is 15.4 Å². The highest BCUT2D eigenvalue weighted by atomic mass is 32.1. The van der Waals surface area contributed by atoms with E-state index in [0.29, 0.717) is 16.5 Å². The molecular formula is C15H20N4O2S. The molecule has 7 heteroatoms. The number of aryl methyl sites for hydroxylation is 2. The molecule has 2 aromatic rings. The number of nitrogens with one attached hydrogen (secondary N) is 1. The fraction of sp³-hybridized carbons (Fsp3) is 0.533. The highest BCUT2D eigenvalue weighted by Gasteiger charge is 2.42. The van der Waals surface area contributed by atoms with Crippen molar-refractivity contribution in [1.29, 1.82) is 0 Å². The van der Waals surface area contributed by atoms with Gasteiger partial charge in [-0.25, -0.2) is 4.98 Å². The molecule has 22 heavy (non-hydrogen) atoms. The molecule has 1 amide bonds. The molecule has 0 aliphatic heterocycles. The summed E-state index contributed by atoms with van der Waals surface area (Å²) in [6.07, 6.45) is 5.73. The Morgan fingerprint density at radius 2 is 2.32 bits per heavy atom. The maximum atomic E-state index is 12.5. The summed E-state index contributed by atoms with van der Waals surface area (Å²) in [5, 5.41) is 17.5. The largest absolute Gasteiger partial charge is 0.394 e. The number of thiazole rings is 1. The van der Waals surface area contributed by atoms with E-state index in [4.69, 9.17) is 0 Å². The molecule has 0 bridgehead atoms. The summed E-state index contributed by atoms with van der Waals surface area (Å²) in [5.41, 5.74) is 1.07. The van der Waals surface area contributed by atoms with Gasteiger partial charge in [0.2, 0.25) is 0 Å². The van der Waals surface area contributed by atoms with Gasteiger partial charge in [0.15, 0.2) is 0 Å². The van der Waals surface area contributed by atoms with Gasteiger partial charge in [0, 0.05) is 18.8 Å². The van der Waals surface area contributed by atoms with Crippen molar-refractivity contribution in [1.82, 2.24) is 20.1 Å². The zero-order valence-corrected chi connectivity index (χ0v) is 13.8. The van der Waals surface area contributed by atoms with Gasteiger partial charge in [0.25, 0.3) is 5.91 Å². The highest BCUT2D eigenvalue weighted by molar-refractivity contribution is 7.17. The van der Waals surface area contributed by atoms with Crippen LogP contribution in [0.2, 0.25) is 0 Å². The molecule has 1 aliphatic carbocycles. The van der Waals surface area contributed by atoms with E-state index in [1.54, 1.807) is 10.9 Å². The summed E-state index contributed by atoms with van der Waals surface area (Å²) in [7, 11) is 1.85. The summed E-state index contributed by atoms with van der Waals surface area (Å²) in [4.78, 5) is 17.6. The van der Waals surface area contributed by atoms with Crippen LogP contribution in [0.3, 0.4) is 0 Å². The fourth-order valence-corrected chi connectivity index (χ4v) is 3.51. The van der Waals surface area contributed by atoms with Crippen LogP contribution in [0.5, 0.6) is 0 Å². The van der Waals surface area contributed by atoms with Gasteiger partial charge in [-0.15, -0.1) is 11.3 Å². The van der Waals surface area contributed by atoms with Crippen molar-refractivity contribution in [2.75, 3.05) is 6.61 Å². The molecule has 1 saturated carbocycles. The van der Waals surface area contributed by atoms with Crippen LogP contribution in [-0.4, -0.2) is 37.9 Å². The minimum absolute atomic E-state index is 0.0449. The van der Waals surface area contributed by atoms with E-state index in [-0.39, 0.29) is 12.5 Å². The van der Waals surface area contributed by atoms with Gasteiger partial charge < -0.3 is 10.4 Å². The van der Waals surface area contributed by atoms with E-state index in [0.717, 1.165) is 23.4 Å². The number of aliphatic hydroxyl groups is 1. The van der Waals surface area contributed by atoms with Gasteiger partial charge in [-0.3, -0.25) is 9.48 Å². The number of carbonyl (C=O) groups excluding carboxylic acids is 1. The van der Waals surface area contributed by atoms with Crippen molar-refractivity contribution >= 4 is 17.2 Å². The minimum Gasteiger partial charge on any atom is -0.394 e. The smallest absolute Gasteiger partial charge is 0.263 e. The number of carbonyl (C=O) groups is 1. The van der Waals surface area contributed by atoms with Crippen molar-refractivity contribution in [3.05, 3.63) is 23.0 Å². The molecule has 2 N–H and O–H groups in total. The predicted octanol–water partition coefficient (Wildman–Crippen LogP) is 1.74. The summed E-state index contributed by atoms with van der Waals surface area (Å²) in [6, 6.07) is 0. The molecule has 2 aromatic heterocycles. The van der Waals surface area contributed by atoms with Crippen LogP contribution in [0, 0.1) is 12.8 Å². The summed E-state index contributed by atoms with van der Waals surface area (Å²) in [6.45, 7) is 3.69. The Labute approximate surface area is 133 Å². The fourth-order valence-electron chi connectivity index (χ4n) is 2.57. The van der Waals surface area contributed by atoms with Crippen LogP contribution >= 0.6 is 11.3 Å². The predicted molar refractivity (Wildman–Crippen MR) is 84.7 cm³/mol. The quantitative estimate of drug-likeness (QED) is 0.879. The lowest BCUT2D eigenvalue weighted by Gasteiger charge is -2.28. The lowest BCUT2D eigenvalue weighted by Crippen LogP contribution is -2.50. The molecule has 2 heterocycles. The van der Waals surface area contributed by atoms with Crippen molar-refractivity contribution < 1.29 is 9.90 Å². The van der Waals surface area contributed by atoms with E-state index >= 15 is 0 Å². The Bertz CT molecular complexity index is 704. The van der Waals surface area contributed by atoms with E-state index < -0.39 is 5.54 Å². The Hall–Kier alpha value is -1.73. The first kappa shape index (κ1) is 15.2. The Morgan fingerprint density at radius 1 is 1.59 bits per heavy atom. The second-order valence-corrected chi connectivity index (χ2v) is 7.14. The minimum atomic E-state index is -0.540. The number of aromatic nitrogens is 3. The number of aliphatic hydroxyl groups excluding tert-OH is 1. The normalized spacial score (nSPS) is 17.3. The number of amides is 1. The van der Waals surface area contributed by atoms with Gasteiger partial charge >= 0.3 is 0 Å². The summed E-state index contributed by atoms with van der Waals surface area (Å²) >= 11 is 1.36. The molecule has 1 unspecified atom stereocenters. The molecule has 118 valence electrons. The molecule has 6 nitrogen and oxygen atoms in total. The monoisotopic (exact) mass is 320 g/mol. The summed E-state index contributed by atoms with van der Waals surface area (Å²) < 4.78 is 1.71. The highest BCUT2D eigenvalue weighted by Crippen LogP contribution is 2.39. The van der Waals surface area contributed by atoms with Crippen molar-refractivity contribution in [3.8, 4) is 10.6 Å². The van der Waals surface area contributed by atoms with Crippen LogP contribution in [-0.2, 0) is 7.05 Å². The van der Waals surface area contributed by atoms with Gasteiger partial charge in [-0.05, 0) is 32.6 Å². The van der Waals surface area contributed by atoms with E-state index in [1.807, 2.05) is 27.1 Å². The summed E-state index contributed by atoms with van der Waals surface area (Å²) in [5.74, 6) is 0.209. The van der Waals surface area contributed by atoms with Gasteiger partial charge in [-0.2, -0.15) is 5.10 Å². The molecular weight excluding hydrogens is 300 g/mol. The first-order valence-corrected chi connectivity index (χ1v) is 8.14. The molecule has 1 atom stereocenters. The topological polar surface area (TPSA) is 80.0 Å². The van der Waals surface area contributed by atoms with Gasteiger partial charge in [0.05, 0.1) is 24.0 Å². The Morgan fingerprint density at radius 3 is 2.86 bits per heavy atom. The van der Waals surface area contributed by atoms with Gasteiger partial charge in [-0.1, -0.05) is 0 Å². The van der Waals surface area contributed by atoms with Crippen LogP contribution in [0.15, 0.2) is 12.4 Å². The molecule has 0 spiro atoms. The third-order valence-corrected chi connectivity index (χ3v) is 5.37. The first-order valence-electron chi connectivity index (χ1n) is 7.33. The Kier molecular flexibility index (Phi) is 3.78. The maximum absolute atomic E-state index is 12.5. The third-order valence-electron chi connectivity index (χ3n) is 4.16. The number of hydrogen-bond acceptors (Lipinski definition) is 5. The van der Waals surface area contributed by atoms with Crippen LogP contribution in [0.25, 0.3) is 10.6 Å². The average Bonchev–Trinajstić information content (AvgIpc) is 3.15. The maximum Gasteiger partial charge on any atom is 0.263 e. The van der Waals surface area contributed by atoms with Crippen molar-refractivity contribution in [2.24, 2.45) is 13.0 Å². The Balaban J connectivity index is 1.82. The van der Waals surface area contributed by atoms with E-state index in [9.17, 15) is 9.90 Å². The molecule has 0 radical (unpaired) electrons. The number of nitrogens with zero attached hydrogens (tertiary/aromatic N) is 3. The number of rotatable bonds is 5. The van der Waals surface area contributed by atoms with Crippen LogP contribution in [0.1, 0.15) is 35.1 Å². The zero-order chi connectivity index (χ0) is 15.9. The second kappa shape index (κ2) is 5.48. The van der Waals surface area contributed by atoms with Crippen LogP contribution in [0.4, 0.5) is 0 Å². The first-order chi connectivity index (χ1) is 10.4. The molecule has 0 saturated heterocycles. The average molecular weight is 320 g/mol. The van der Waals surface area contributed by atoms with E-state index in [1.165, 1.54) is 11.3 Å². The third kappa shape index (κ3) is 2.78. The molecule has 1 aliphatic rings.